The second-order valence-corrected chi connectivity index (χ2v) is 5.33. The van der Waals surface area contributed by atoms with Crippen LogP contribution >= 0.6 is 0 Å². The van der Waals surface area contributed by atoms with E-state index in [9.17, 15) is 4.79 Å². The van der Waals surface area contributed by atoms with E-state index in [2.05, 4.69) is 5.10 Å². The van der Waals surface area contributed by atoms with Gasteiger partial charge in [-0.1, -0.05) is 0 Å². The van der Waals surface area contributed by atoms with Crippen LogP contribution in [-0.2, 0) is 17.2 Å². The van der Waals surface area contributed by atoms with Crippen LogP contribution in [0.15, 0.2) is 6.20 Å². The molecule has 2 rings (SSSR count). The largest absolute Gasteiger partial charge is 0.465 e. The maximum atomic E-state index is 11.7. The molecule has 1 heterocycles. The molecule has 0 bridgehead atoms. The van der Waals surface area contributed by atoms with Crippen molar-refractivity contribution in [1.29, 1.82) is 0 Å². The summed E-state index contributed by atoms with van der Waals surface area (Å²) in [6, 6.07) is 0. The lowest BCUT2D eigenvalue weighted by molar-refractivity contribution is 0.0597. The van der Waals surface area contributed by atoms with Crippen LogP contribution in [0.5, 0.6) is 0 Å². The molecule has 5 heteroatoms. The van der Waals surface area contributed by atoms with Crippen LogP contribution in [-0.4, -0.2) is 28.4 Å². The van der Waals surface area contributed by atoms with E-state index in [0.717, 1.165) is 18.5 Å². The van der Waals surface area contributed by atoms with E-state index < -0.39 is 0 Å². The molecule has 0 unspecified atom stereocenters. The van der Waals surface area contributed by atoms with Crippen LogP contribution in [0.4, 0.5) is 0 Å². The van der Waals surface area contributed by atoms with Crippen molar-refractivity contribution in [2.24, 2.45) is 12.8 Å². The van der Waals surface area contributed by atoms with Gasteiger partial charge in [-0.15, -0.1) is 0 Å². The molecule has 1 aromatic rings. The molecule has 94 valence electrons. The fourth-order valence-electron chi connectivity index (χ4n) is 2.58. The topological polar surface area (TPSA) is 70.1 Å². The number of carbonyl (C=O) groups is 1. The van der Waals surface area contributed by atoms with E-state index in [1.54, 1.807) is 10.9 Å². The molecule has 0 aromatic carbocycles. The number of rotatable bonds is 3. The van der Waals surface area contributed by atoms with Crippen LogP contribution in [0.2, 0.25) is 0 Å². The molecule has 0 atom stereocenters. The van der Waals surface area contributed by atoms with Crippen molar-refractivity contribution in [3.05, 3.63) is 17.5 Å². The molecule has 0 radical (unpaired) electrons. The van der Waals surface area contributed by atoms with E-state index in [1.807, 2.05) is 20.9 Å². The van der Waals surface area contributed by atoms with Gasteiger partial charge in [-0.2, -0.15) is 5.10 Å². The third-order valence-electron chi connectivity index (χ3n) is 3.78. The number of esters is 1. The van der Waals surface area contributed by atoms with Crippen LogP contribution in [0, 0.1) is 0 Å². The Morgan fingerprint density at radius 1 is 1.59 bits per heavy atom. The van der Waals surface area contributed by atoms with Gasteiger partial charge in [0.15, 0.2) is 0 Å². The molecule has 0 spiro atoms. The summed E-state index contributed by atoms with van der Waals surface area (Å²) in [5, 5.41) is 4.17. The Morgan fingerprint density at radius 2 is 2.18 bits per heavy atom. The maximum absolute atomic E-state index is 11.7. The summed E-state index contributed by atoms with van der Waals surface area (Å²) in [7, 11) is 3.22. The number of carbonyl (C=O) groups excluding carboxylic acids is 1. The quantitative estimate of drug-likeness (QED) is 0.795. The number of hydrogen-bond donors (Lipinski definition) is 1. The number of nitrogens with two attached hydrogens (primary N) is 1. The smallest absolute Gasteiger partial charge is 0.341 e. The summed E-state index contributed by atoms with van der Waals surface area (Å²) in [5.41, 5.74) is 7.16. The summed E-state index contributed by atoms with van der Waals surface area (Å²) in [6.45, 7) is 3.99. The fourth-order valence-corrected chi connectivity index (χ4v) is 2.58. The number of nitrogens with zero attached hydrogens (tertiary/aromatic N) is 2. The minimum atomic E-state index is -0.371. The Morgan fingerprint density at radius 3 is 2.59 bits per heavy atom. The fraction of sp³-hybridized carbons (Fsp3) is 0.667. The molecule has 0 amide bonds. The number of methoxy groups -OCH3 is 1. The van der Waals surface area contributed by atoms with E-state index >= 15 is 0 Å². The van der Waals surface area contributed by atoms with Crippen LogP contribution in [0.1, 0.15) is 42.7 Å². The second-order valence-electron chi connectivity index (χ2n) is 5.33. The third-order valence-corrected chi connectivity index (χ3v) is 3.78. The standard InChI is InChI=1S/C12H19N3O2/c1-11(2,13)12(5-6-12)9-8(10(16)17-4)7-14-15(9)3/h7H,5-6,13H2,1-4H3. The molecule has 1 saturated carbocycles. The minimum Gasteiger partial charge on any atom is -0.465 e. The first-order valence-corrected chi connectivity index (χ1v) is 5.73. The van der Waals surface area contributed by atoms with Gasteiger partial charge in [-0.3, -0.25) is 4.68 Å². The monoisotopic (exact) mass is 237 g/mol. The second kappa shape index (κ2) is 3.57. The zero-order valence-corrected chi connectivity index (χ0v) is 10.8. The third kappa shape index (κ3) is 1.65. The highest BCUT2D eigenvalue weighted by molar-refractivity contribution is 5.91. The molecule has 1 aromatic heterocycles. The lowest BCUT2D eigenvalue weighted by Crippen LogP contribution is -2.46. The molecular weight excluding hydrogens is 218 g/mol. The Kier molecular flexibility index (Phi) is 2.54. The molecule has 0 aliphatic heterocycles. The average molecular weight is 237 g/mol. The first-order valence-electron chi connectivity index (χ1n) is 5.73. The number of ether oxygens (including phenoxy) is 1. The highest BCUT2D eigenvalue weighted by atomic mass is 16.5. The first kappa shape index (κ1) is 12.1. The molecule has 17 heavy (non-hydrogen) atoms. The van der Waals surface area contributed by atoms with E-state index in [4.69, 9.17) is 10.5 Å². The molecular formula is C12H19N3O2. The van der Waals surface area contributed by atoms with Gasteiger partial charge in [-0.25, -0.2) is 4.79 Å². The van der Waals surface area contributed by atoms with Gasteiger partial charge in [-0.05, 0) is 26.7 Å². The Hall–Kier alpha value is -1.36. The summed E-state index contributed by atoms with van der Waals surface area (Å²) in [4.78, 5) is 11.7. The van der Waals surface area contributed by atoms with Gasteiger partial charge in [0.05, 0.1) is 19.0 Å². The van der Waals surface area contributed by atoms with Crippen molar-refractivity contribution in [2.75, 3.05) is 7.11 Å². The highest BCUT2D eigenvalue weighted by Crippen LogP contribution is 2.55. The van der Waals surface area contributed by atoms with Gasteiger partial charge < -0.3 is 10.5 Å². The van der Waals surface area contributed by atoms with E-state index in [0.29, 0.717) is 5.56 Å². The van der Waals surface area contributed by atoms with E-state index in [-0.39, 0.29) is 16.9 Å². The Balaban J connectivity index is 2.53. The number of aryl methyl sites for hydroxylation is 1. The summed E-state index contributed by atoms with van der Waals surface area (Å²) < 4.78 is 6.54. The van der Waals surface area contributed by atoms with Gasteiger partial charge in [0.25, 0.3) is 0 Å². The summed E-state index contributed by atoms with van der Waals surface area (Å²) >= 11 is 0. The van der Waals surface area contributed by atoms with Gasteiger partial charge in [0.2, 0.25) is 0 Å². The summed E-state index contributed by atoms with van der Waals surface area (Å²) in [5.74, 6) is -0.344. The van der Waals surface area contributed by atoms with Crippen molar-refractivity contribution in [1.82, 2.24) is 9.78 Å². The van der Waals surface area contributed by atoms with Gasteiger partial charge >= 0.3 is 5.97 Å². The Bertz CT molecular complexity index is 453. The van der Waals surface area contributed by atoms with Crippen molar-refractivity contribution in [2.45, 2.75) is 37.6 Å². The lowest BCUT2D eigenvalue weighted by atomic mass is 9.80. The van der Waals surface area contributed by atoms with Crippen molar-refractivity contribution >= 4 is 5.97 Å². The SMILES string of the molecule is COC(=O)c1cnn(C)c1C1(C(C)(C)N)CC1. The summed E-state index contributed by atoms with van der Waals surface area (Å²) in [6.07, 6.45) is 3.53. The zero-order chi connectivity index (χ0) is 12.8. The number of hydrogen-bond acceptors (Lipinski definition) is 4. The van der Waals surface area contributed by atoms with Gasteiger partial charge in [0, 0.05) is 18.0 Å². The van der Waals surface area contributed by atoms with Crippen molar-refractivity contribution in [3.63, 3.8) is 0 Å². The van der Waals surface area contributed by atoms with Crippen LogP contribution < -0.4 is 5.73 Å². The predicted molar refractivity (Wildman–Crippen MR) is 63.7 cm³/mol. The van der Waals surface area contributed by atoms with Crippen LogP contribution in [0.3, 0.4) is 0 Å². The molecule has 5 nitrogen and oxygen atoms in total. The molecule has 1 aliphatic rings. The molecule has 1 aliphatic carbocycles. The maximum Gasteiger partial charge on any atom is 0.341 e. The first-order chi connectivity index (χ1) is 7.83. The lowest BCUT2D eigenvalue weighted by Gasteiger charge is -2.31. The average Bonchev–Trinajstić information content (AvgIpc) is 2.96. The normalized spacial score (nSPS) is 17.9. The molecule has 2 N–H and O–H groups in total. The van der Waals surface area contributed by atoms with Crippen molar-refractivity contribution < 1.29 is 9.53 Å². The van der Waals surface area contributed by atoms with E-state index in [1.165, 1.54) is 7.11 Å². The van der Waals surface area contributed by atoms with Crippen molar-refractivity contribution in [3.8, 4) is 0 Å². The molecule has 1 fully saturated rings. The number of aromatic nitrogens is 2. The predicted octanol–water partition coefficient (Wildman–Crippen LogP) is 0.976. The van der Waals surface area contributed by atoms with Crippen LogP contribution in [0.25, 0.3) is 0 Å². The minimum absolute atomic E-state index is 0.151. The highest BCUT2D eigenvalue weighted by Gasteiger charge is 2.57. The Labute approximate surface area is 101 Å². The molecule has 0 saturated heterocycles. The zero-order valence-electron chi connectivity index (χ0n) is 10.8. The van der Waals surface area contributed by atoms with Gasteiger partial charge in [0.1, 0.15) is 5.56 Å².